The number of nitrogens with zero attached hydrogens (tertiary/aromatic N) is 1. The van der Waals surface area contributed by atoms with Gasteiger partial charge in [0.1, 0.15) is 22.2 Å². The molecule has 3 aromatic carbocycles. The fourth-order valence-electron chi connectivity index (χ4n) is 3.72. The van der Waals surface area contributed by atoms with Crippen molar-refractivity contribution in [1.29, 1.82) is 0 Å². The van der Waals surface area contributed by atoms with Gasteiger partial charge in [0, 0.05) is 15.2 Å². The molecule has 128 valence electrons. The van der Waals surface area contributed by atoms with Crippen LogP contribution in [0.1, 0.15) is 0 Å². The molecule has 0 N–H and O–H groups in total. The monoisotopic (exact) mass is 413 g/mol. The maximum atomic E-state index is 6.24. The van der Waals surface area contributed by atoms with Crippen LogP contribution in [0.5, 0.6) is 0 Å². The number of pyridine rings is 1. The van der Waals surface area contributed by atoms with E-state index in [2.05, 4.69) is 28.1 Å². The van der Waals surface area contributed by atoms with Crippen LogP contribution in [0.3, 0.4) is 0 Å². The second-order valence-corrected chi connectivity index (χ2v) is 7.46. The molecular formula is C23H12BrNO2. The van der Waals surface area contributed by atoms with Gasteiger partial charge >= 0.3 is 0 Å². The molecule has 3 nitrogen and oxygen atoms in total. The average Bonchev–Trinajstić information content (AvgIpc) is 3.25. The maximum absolute atomic E-state index is 6.24. The zero-order valence-corrected chi connectivity index (χ0v) is 15.7. The van der Waals surface area contributed by atoms with Crippen LogP contribution in [0.2, 0.25) is 0 Å². The normalized spacial score (nSPS) is 11.9. The highest BCUT2D eigenvalue weighted by atomic mass is 79.9. The van der Waals surface area contributed by atoms with Gasteiger partial charge in [-0.15, -0.1) is 0 Å². The summed E-state index contributed by atoms with van der Waals surface area (Å²) < 4.78 is 13.5. The SMILES string of the molecule is Brc1ccc(-c2c3oc4ccccc4c3nc3c2oc2ccccc23)cc1. The predicted octanol–water partition coefficient (Wildman–Crippen LogP) is 7.31. The van der Waals surface area contributed by atoms with E-state index in [1.807, 2.05) is 60.7 Å². The van der Waals surface area contributed by atoms with E-state index in [1.165, 1.54) is 0 Å². The van der Waals surface area contributed by atoms with Gasteiger partial charge in [0.2, 0.25) is 0 Å². The van der Waals surface area contributed by atoms with Crippen molar-refractivity contribution < 1.29 is 8.83 Å². The zero-order valence-electron chi connectivity index (χ0n) is 14.1. The number of hydrogen-bond acceptors (Lipinski definition) is 3. The van der Waals surface area contributed by atoms with Crippen LogP contribution in [0, 0.1) is 0 Å². The summed E-state index contributed by atoms with van der Waals surface area (Å²) in [6.45, 7) is 0. The van der Waals surface area contributed by atoms with E-state index in [0.29, 0.717) is 0 Å². The molecule has 0 bridgehead atoms. The van der Waals surface area contributed by atoms with Crippen LogP contribution in [0.25, 0.3) is 55.3 Å². The minimum absolute atomic E-state index is 0.755. The third-order valence-corrected chi connectivity index (χ3v) is 5.48. The molecular weight excluding hydrogens is 402 g/mol. The van der Waals surface area contributed by atoms with Crippen molar-refractivity contribution >= 4 is 60.1 Å². The summed E-state index contributed by atoms with van der Waals surface area (Å²) in [5, 5.41) is 2.02. The van der Waals surface area contributed by atoms with Crippen molar-refractivity contribution in [3.63, 3.8) is 0 Å². The minimum Gasteiger partial charge on any atom is -0.454 e. The largest absolute Gasteiger partial charge is 0.454 e. The summed E-state index contributed by atoms with van der Waals surface area (Å²) in [5.41, 5.74) is 6.87. The Kier molecular flexibility index (Phi) is 3.02. The molecule has 0 aliphatic heterocycles. The lowest BCUT2D eigenvalue weighted by molar-refractivity contribution is 0.657. The van der Waals surface area contributed by atoms with Gasteiger partial charge < -0.3 is 8.83 Å². The second-order valence-electron chi connectivity index (χ2n) is 6.55. The molecule has 6 aromatic rings. The second kappa shape index (κ2) is 5.44. The molecule has 0 saturated carbocycles. The summed E-state index contributed by atoms with van der Waals surface area (Å²) in [5.74, 6) is 0. The van der Waals surface area contributed by atoms with E-state index in [0.717, 1.165) is 59.7 Å². The first-order valence-corrected chi connectivity index (χ1v) is 9.47. The topological polar surface area (TPSA) is 39.2 Å². The third-order valence-electron chi connectivity index (χ3n) is 4.95. The van der Waals surface area contributed by atoms with E-state index in [4.69, 9.17) is 13.8 Å². The van der Waals surface area contributed by atoms with Gasteiger partial charge in [0.15, 0.2) is 11.2 Å². The Balaban J connectivity index is 1.88. The Labute approximate surface area is 162 Å². The zero-order chi connectivity index (χ0) is 18.0. The maximum Gasteiger partial charge on any atom is 0.165 e. The Morgan fingerprint density at radius 2 is 1.15 bits per heavy atom. The first kappa shape index (κ1) is 15.0. The van der Waals surface area contributed by atoms with Crippen molar-refractivity contribution in [2.45, 2.75) is 0 Å². The Hall–Kier alpha value is -3.11. The smallest absolute Gasteiger partial charge is 0.165 e. The van der Waals surface area contributed by atoms with Crippen LogP contribution < -0.4 is 0 Å². The van der Waals surface area contributed by atoms with Gasteiger partial charge in [-0.1, -0.05) is 52.3 Å². The number of furan rings is 2. The van der Waals surface area contributed by atoms with E-state index in [-0.39, 0.29) is 0 Å². The average molecular weight is 414 g/mol. The highest BCUT2D eigenvalue weighted by Gasteiger charge is 2.21. The standard InChI is InChI=1S/C23H12BrNO2/c24-14-11-9-13(10-12-14)19-22-20(15-5-1-3-7-17(15)26-22)25-21-16-6-2-4-8-18(16)27-23(19)21/h1-12H. The summed E-state index contributed by atoms with van der Waals surface area (Å²) in [6.07, 6.45) is 0. The number of halogens is 1. The Morgan fingerprint density at radius 3 is 1.70 bits per heavy atom. The Morgan fingerprint density at radius 1 is 0.630 bits per heavy atom. The molecule has 4 heteroatoms. The van der Waals surface area contributed by atoms with E-state index in [1.54, 1.807) is 0 Å². The molecule has 0 atom stereocenters. The lowest BCUT2D eigenvalue weighted by Crippen LogP contribution is -1.84. The first-order valence-electron chi connectivity index (χ1n) is 8.68. The van der Waals surface area contributed by atoms with Crippen molar-refractivity contribution in [2.24, 2.45) is 0 Å². The molecule has 6 rings (SSSR count). The fraction of sp³-hybridized carbons (Fsp3) is 0. The molecule has 0 amide bonds. The van der Waals surface area contributed by atoms with Crippen molar-refractivity contribution in [3.8, 4) is 11.1 Å². The van der Waals surface area contributed by atoms with Crippen LogP contribution in [-0.2, 0) is 0 Å². The fourth-order valence-corrected chi connectivity index (χ4v) is 3.98. The molecule has 0 fully saturated rings. The van der Waals surface area contributed by atoms with Gasteiger partial charge in [-0.05, 0) is 42.0 Å². The molecule has 0 aliphatic carbocycles. The highest BCUT2D eigenvalue weighted by Crippen LogP contribution is 2.42. The van der Waals surface area contributed by atoms with Gasteiger partial charge in [-0.2, -0.15) is 0 Å². The predicted molar refractivity (Wildman–Crippen MR) is 112 cm³/mol. The molecule has 27 heavy (non-hydrogen) atoms. The van der Waals surface area contributed by atoms with E-state index >= 15 is 0 Å². The van der Waals surface area contributed by atoms with E-state index < -0.39 is 0 Å². The summed E-state index contributed by atoms with van der Waals surface area (Å²) in [4.78, 5) is 4.96. The number of aromatic nitrogens is 1. The Bertz CT molecular complexity index is 1390. The molecule has 3 aromatic heterocycles. The molecule has 3 heterocycles. The van der Waals surface area contributed by atoms with E-state index in [9.17, 15) is 0 Å². The van der Waals surface area contributed by atoms with Crippen LogP contribution in [0.15, 0.2) is 86.1 Å². The van der Waals surface area contributed by atoms with Crippen LogP contribution in [-0.4, -0.2) is 4.98 Å². The summed E-state index contributed by atoms with van der Waals surface area (Å²) in [7, 11) is 0. The molecule has 0 radical (unpaired) electrons. The summed E-state index contributed by atoms with van der Waals surface area (Å²) >= 11 is 3.51. The van der Waals surface area contributed by atoms with Crippen molar-refractivity contribution in [2.75, 3.05) is 0 Å². The molecule has 0 unspecified atom stereocenters. The van der Waals surface area contributed by atoms with Crippen LogP contribution >= 0.6 is 15.9 Å². The molecule has 0 spiro atoms. The van der Waals surface area contributed by atoms with Gasteiger partial charge in [0.25, 0.3) is 0 Å². The van der Waals surface area contributed by atoms with Gasteiger partial charge in [-0.25, -0.2) is 4.98 Å². The van der Waals surface area contributed by atoms with Gasteiger partial charge in [-0.3, -0.25) is 0 Å². The first-order chi connectivity index (χ1) is 13.3. The van der Waals surface area contributed by atoms with Gasteiger partial charge in [0.05, 0.1) is 5.56 Å². The van der Waals surface area contributed by atoms with Crippen molar-refractivity contribution in [1.82, 2.24) is 4.98 Å². The number of rotatable bonds is 1. The summed E-state index contributed by atoms with van der Waals surface area (Å²) in [6, 6.07) is 24.2. The number of fused-ring (bicyclic) bond motifs is 6. The number of para-hydroxylation sites is 2. The van der Waals surface area contributed by atoms with Crippen molar-refractivity contribution in [3.05, 3.63) is 77.3 Å². The lowest BCUT2D eigenvalue weighted by Gasteiger charge is -2.04. The lowest BCUT2D eigenvalue weighted by atomic mass is 10.0. The molecule has 0 aliphatic rings. The number of benzene rings is 3. The third kappa shape index (κ3) is 2.10. The van der Waals surface area contributed by atoms with Crippen LogP contribution in [0.4, 0.5) is 0 Å². The highest BCUT2D eigenvalue weighted by molar-refractivity contribution is 9.10. The number of hydrogen-bond donors (Lipinski definition) is 0. The molecule has 0 saturated heterocycles. The quantitative estimate of drug-likeness (QED) is 0.283. The minimum atomic E-state index is 0.755.